The quantitative estimate of drug-likeness (QED) is 0.771. The zero-order valence-corrected chi connectivity index (χ0v) is 10.6. The van der Waals surface area contributed by atoms with E-state index < -0.39 is 0 Å². The molecule has 3 aliphatic heterocycles. The van der Waals surface area contributed by atoms with Gasteiger partial charge in [-0.1, -0.05) is 0 Å². The van der Waals surface area contributed by atoms with Gasteiger partial charge in [0.25, 0.3) is 0 Å². The van der Waals surface area contributed by atoms with Crippen molar-refractivity contribution in [1.82, 2.24) is 10.2 Å². The van der Waals surface area contributed by atoms with Crippen molar-refractivity contribution < 1.29 is 0 Å². The first-order chi connectivity index (χ1) is 7.84. The summed E-state index contributed by atoms with van der Waals surface area (Å²) in [5.41, 5.74) is 0. The molecule has 4 unspecified atom stereocenters. The van der Waals surface area contributed by atoms with Crippen LogP contribution < -0.4 is 5.32 Å². The highest BCUT2D eigenvalue weighted by atomic mass is 15.2. The van der Waals surface area contributed by atoms with E-state index in [0.29, 0.717) is 0 Å². The molecule has 0 radical (unpaired) electrons. The number of hydrogen-bond acceptors (Lipinski definition) is 2. The standard InChI is InChI=1S/C14H26N2/c1-16-13-5-4-12(14(16)7-6-13)9-11-3-2-8-15-10-11/h11-15H,2-10H2,1H3. The summed E-state index contributed by atoms with van der Waals surface area (Å²) in [6.45, 7) is 2.54. The maximum absolute atomic E-state index is 3.57. The second kappa shape index (κ2) is 4.66. The van der Waals surface area contributed by atoms with Gasteiger partial charge in [0, 0.05) is 12.1 Å². The van der Waals surface area contributed by atoms with Crippen LogP contribution in [-0.2, 0) is 0 Å². The molecule has 2 heteroatoms. The van der Waals surface area contributed by atoms with Gasteiger partial charge < -0.3 is 10.2 Å². The van der Waals surface area contributed by atoms with Gasteiger partial charge in [0.05, 0.1) is 0 Å². The Morgan fingerprint density at radius 2 is 2.00 bits per heavy atom. The molecule has 0 aromatic carbocycles. The lowest BCUT2D eigenvalue weighted by atomic mass is 9.81. The molecule has 0 aromatic rings. The van der Waals surface area contributed by atoms with Gasteiger partial charge in [0.2, 0.25) is 0 Å². The van der Waals surface area contributed by atoms with Gasteiger partial charge in [-0.2, -0.15) is 0 Å². The summed E-state index contributed by atoms with van der Waals surface area (Å²) in [7, 11) is 2.37. The SMILES string of the molecule is CN1C2CCC(CC3CCCNC3)C1CC2. The molecule has 0 amide bonds. The highest BCUT2D eigenvalue weighted by Crippen LogP contribution is 2.41. The lowest BCUT2D eigenvalue weighted by molar-refractivity contribution is 0.100. The maximum Gasteiger partial charge on any atom is 0.0124 e. The van der Waals surface area contributed by atoms with Crippen LogP contribution in [-0.4, -0.2) is 37.1 Å². The van der Waals surface area contributed by atoms with Crippen molar-refractivity contribution in [2.45, 2.75) is 57.0 Å². The van der Waals surface area contributed by atoms with E-state index in [1.165, 1.54) is 58.0 Å². The van der Waals surface area contributed by atoms with Gasteiger partial charge >= 0.3 is 0 Å². The van der Waals surface area contributed by atoms with E-state index in [1.54, 1.807) is 0 Å². The summed E-state index contributed by atoms with van der Waals surface area (Å²) in [6, 6.07) is 1.87. The van der Waals surface area contributed by atoms with Crippen molar-refractivity contribution in [2.75, 3.05) is 20.1 Å². The minimum absolute atomic E-state index is 0.931. The van der Waals surface area contributed by atoms with Crippen LogP contribution in [0.5, 0.6) is 0 Å². The molecule has 0 saturated carbocycles. The number of rotatable bonds is 2. The van der Waals surface area contributed by atoms with Crippen molar-refractivity contribution in [3.05, 3.63) is 0 Å². The summed E-state index contributed by atoms with van der Waals surface area (Å²) in [6.07, 6.45) is 10.3. The Hall–Kier alpha value is -0.0800. The van der Waals surface area contributed by atoms with E-state index in [-0.39, 0.29) is 0 Å². The topological polar surface area (TPSA) is 15.3 Å². The first-order valence-corrected chi connectivity index (χ1v) is 7.27. The van der Waals surface area contributed by atoms with Crippen LogP contribution in [0.25, 0.3) is 0 Å². The summed E-state index contributed by atoms with van der Waals surface area (Å²) in [4.78, 5) is 2.70. The molecule has 3 rings (SSSR count). The molecule has 3 heterocycles. The van der Waals surface area contributed by atoms with Crippen molar-refractivity contribution in [3.8, 4) is 0 Å². The molecule has 0 aromatic heterocycles. The van der Waals surface area contributed by atoms with E-state index in [4.69, 9.17) is 0 Å². The third-order valence-electron chi connectivity index (χ3n) is 5.34. The van der Waals surface area contributed by atoms with E-state index in [9.17, 15) is 0 Å². The van der Waals surface area contributed by atoms with Gasteiger partial charge in [-0.3, -0.25) is 0 Å². The molecule has 0 spiro atoms. The number of fused-ring (bicyclic) bond motifs is 2. The van der Waals surface area contributed by atoms with Gasteiger partial charge in [-0.25, -0.2) is 0 Å². The first-order valence-electron chi connectivity index (χ1n) is 7.27. The van der Waals surface area contributed by atoms with Crippen LogP contribution in [0.1, 0.15) is 44.9 Å². The monoisotopic (exact) mass is 222 g/mol. The van der Waals surface area contributed by atoms with Crippen molar-refractivity contribution in [2.24, 2.45) is 11.8 Å². The third kappa shape index (κ3) is 2.02. The van der Waals surface area contributed by atoms with Crippen LogP contribution in [0, 0.1) is 11.8 Å². The van der Waals surface area contributed by atoms with Crippen LogP contribution in [0.15, 0.2) is 0 Å². The maximum atomic E-state index is 3.57. The predicted molar refractivity (Wildman–Crippen MR) is 67.5 cm³/mol. The minimum Gasteiger partial charge on any atom is -0.316 e. The van der Waals surface area contributed by atoms with Gasteiger partial charge in [0.1, 0.15) is 0 Å². The van der Waals surface area contributed by atoms with E-state index >= 15 is 0 Å². The van der Waals surface area contributed by atoms with Crippen molar-refractivity contribution >= 4 is 0 Å². The minimum atomic E-state index is 0.931. The fraction of sp³-hybridized carbons (Fsp3) is 1.00. The molecular formula is C14H26N2. The molecule has 3 aliphatic rings. The van der Waals surface area contributed by atoms with Gasteiger partial charge in [0.15, 0.2) is 0 Å². The average Bonchev–Trinajstić information content (AvgIpc) is 2.55. The summed E-state index contributed by atoms with van der Waals surface area (Å²) >= 11 is 0. The Morgan fingerprint density at radius 3 is 2.81 bits per heavy atom. The zero-order valence-electron chi connectivity index (χ0n) is 10.6. The second-order valence-electron chi connectivity index (χ2n) is 6.25. The van der Waals surface area contributed by atoms with Crippen LogP contribution in [0.4, 0.5) is 0 Å². The molecule has 3 saturated heterocycles. The number of hydrogen-bond donors (Lipinski definition) is 1. The summed E-state index contributed by atoms with van der Waals surface area (Å²) in [5.74, 6) is 1.98. The highest BCUT2D eigenvalue weighted by Gasteiger charge is 2.40. The summed E-state index contributed by atoms with van der Waals surface area (Å²) < 4.78 is 0. The molecule has 3 fully saturated rings. The first kappa shape index (κ1) is 11.0. The lowest BCUT2D eigenvalue weighted by Gasteiger charge is -2.39. The van der Waals surface area contributed by atoms with Crippen LogP contribution in [0.2, 0.25) is 0 Å². The number of nitrogens with one attached hydrogen (secondary N) is 1. The molecule has 0 aliphatic carbocycles. The Balaban J connectivity index is 1.57. The Labute approximate surface area is 99.8 Å². The third-order valence-corrected chi connectivity index (χ3v) is 5.34. The predicted octanol–water partition coefficient (Wildman–Crippen LogP) is 2.25. The molecule has 92 valence electrons. The normalized spacial score (nSPS) is 44.8. The molecule has 1 N–H and O–H groups in total. The zero-order chi connectivity index (χ0) is 11.0. The highest BCUT2D eigenvalue weighted by molar-refractivity contribution is 4.95. The Morgan fingerprint density at radius 1 is 1.12 bits per heavy atom. The van der Waals surface area contributed by atoms with E-state index in [0.717, 1.165) is 23.9 Å². The molecule has 4 atom stereocenters. The molecule has 2 bridgehead atoms. The molecule has 2 nitrogen and oxygen atoms in total. The molecule has 16 heavy (non-hydrogen) atoms. The molecular weight excluding hydrogens is 196 g/mol. The van der Waals surface area contributed by atoms with Crippen molar-refractivity contribution in [1.29, 1.82) is 0 Å². The number of piperidine rings is 2. The van der Waals surface area contributed by atoms with Crippen LogP contribution >= 0.6 is 0 Å². The average molecular weight is 222 g/mol. The Bertz CT molecular complexity index is 235. The Kier molecular flexibility index (Phi) is 3.21. The largest absolute Gasteiger partial charge is 0.316 e. The van der Waals surface area contributed by atoms with Crippen molar-refractivity contribution in [3.63, 3.8) is 0 Å². The van der Waals surface area contributed by atoms with Gasteiger partial charge in [-0.05, 0) is 76.9 Å². The smallest absolute Gasteiger partial charge is 0.0124 e. The van der Waals surface area contributed by atoms with Gasteiger partial charge in [-0.15, -0.1) is 0 Å². The van der Waals surface area contributed by atoms with E-state index in [2.05, 4.69) is 17.3 Å². The lowest BCUT2D eigenvalue weighted by Crippen LogP contribution is -2.43. The second-order valence-corrected chi connectivity index (χ2v) is 6.25. The summed E-state index contributed by atoms with van der Waals surface area (Å²) in [5, 5.41) is 3.57. The van der Waals surface area contributed by atoms with Crippen LogP contribution in [0.3, 0.4) is 0 Å². The fourth-order valence-corrected chi connectivity index (χ4v) is 4.38. The fourth-order valence-electron chi connectivity index (χ4n) is 4.38. The van der Waals surface area contributed by atoms with E-state index in [1.807, 2.05) is 0 Å². The number of nitrogens with zero attached hydrogens (tertiary/aromatic N) is 1.